The summed E-state index contributed by atoms with van der Waals surface area (Å²) in [5, 5.41) is 10.3. The number of aliphatic hydroxyl groups is 1. The monoisotopic (exact) mass is 380 g/mol. The van der Waals surface area contributed by atoms with E-state index in [1.54, 1.807) is 22.7 Å². The van der Waals surface area contributed by atoms with Gasteiger partial charge in [0.05, 0.1) is 7.57 Å². The molecular weight excluding hydrogens is 372 g/mol. The summed E-state index contributed by atoms with van der Waals surface area (Å²) in [6, 6.07) is 4.02. The van der Waals surface area contributed by atoms with Crippen molar-refractivity contribution in [3.63, 3.8) is 0 Å². The lowest BCUT2D eigenvalue weighted by Gasteiger charge is -2.09. The van der Waals surface area contributed by atoms with Gasteiger partial charge < -0.3 is 5.11 Å². The van der Waals surface area contributed by atoms with Crippen LogP contribution in [-0.2, 0) is 0 Å². The van der Waals surface area contributed by atoms with Crippen LogP contribution in [0.3, 0.4) is 0 Å². The molecule has 2 heterocycles. The van der Waals surface area contributed by atoms with Gasteiger partial charge >= 0.3 is 0 Å². The minimum absolute atomic E-state index is 0.540. The molecule has 0 amide bonds. The fourth-order valence-corrected chi connectivity index (χ4v) is 5.47. The third-order valence-corrected chi connectivity index (χ3v) is 5.72. The average Bonchev–Trinajstić information content (AvgIpc) is 2.68. The molecule has 86 valence electrons. The maximum absolute atomic E-state index is 10.3. The van der Waals surface area contributed by atoms with Crippen LogP contribution in [0.5, 0.6) is 0 Å². The Kier molecular flexibility index (Phi) is 3.91. The van der Waals surface area contributed by atoms with Crippen molar-refractivity contribution in [3.05, 3.63) is 40.6 Å². The molecule has 0 aliphatic heterocycles. The average molecular weight is 382 g/mol. The lowest BCUT2D eigenvalue weighted by molar-refractivity contribution is 0.220. The quantitative estimate of drug-likeness (QED) is 0.772. The van der Waals surface area contributed by atoms with Gasteiger partial charge in [-0.15, -0.1) is 22.7 Å². The minimum Gasteiger partial charge on any atom is -0.384 e. The summed E-state index contributed by atoms with van der Waals surface area (Å²) in [7, 11) is 0. The Morgan fingerprint density at radius 3 is 2.25 bits per heavy atom. The maximum atomic E-state index is 10.3. The molecule has 0 saturated carbocycles. The lowest BCUT2D eigenvalue weighted by atomic mass is 10.1. The van der Waals surface area contributed by atoms with Gasteiger partial charge in [0.2, 0.25) is 0 Å². The van der Waals surface area contributed by atoms with Crippen LogP contribution in [0.4, 0.5) is 0 Å². The molecule has 0 spiro atoms. The Hall–Kier alpha value is 0.320. The molecule has 1 atom stereocenters. The first-order chi connectivity index (χ1) is 7.49. The number of rotatable bonds is 2. The van der Waals surface area contributed by atoms with Gasteiger partial charge in [0.1, 0.15) is 6.10 Å². The third-order valence-electron chi connectivity index (χ3n) is 2.35. The molecule has 1 nitrogen and oxygen atoms in total. The van der Waals surface area contributed by atoms with E-state index in [4.69, 9.17) is 0 Å². The molecule has 2 rings (SSSR count). The summed E-state index contributed by atoms with van der Waals surface area (Å²) in [5.74, 6) is 0. The van der Waals surface area contributed by atoms with E-state index in [1.807, 2.05) is 13.0 Å². The predicted octanol–water partition coefficient (Wildman–Crippen LogP) is 5.03. The molecule has 0 aromatic carbocycles. The van der Waals surface area contributed by atoms with Crippen molar-refractivity contribution in [1.82, 2.24) is 0 Å². The zero-order chi connectivity index (χ0) is 11.9. The Bertz CT molecular complexity index is 470. The van der Waals surface area contributed by atoms with Gasteiger partial charge in [0.25, 0.3) is 0 Å². The molecule has 0 bridgehead atoms. The third kappa shape index (κ3) is 2.43. The first-order valence-corrected chi connectivity index (χ1v) is 7.90. The molecule has 0 aliphatic rings. The van der Waals surface area contributed by atoms with E-state index in [9.17, 15) is 5.11 Å². The topological polar surface area (TPSA) is 20.2 Å². The van der Waals surface area contributed by atoms with E-state index in [0.717, 1.165) is 18.7 Å². The first-order valence-electron chi connectivity index (χ1n) is 4.68. The van der Waals surface area contributed by atoms with Crippen LogP contribution < -0.4 is 0 Å². The highest BCUT2D eigenvalue weighted by atomic mass is 79.9. The Balaban J connectivity index is 2.42. The largest absolute Gasteiger partial charge is 0.384 e. The van der Waals surface area contributed by atoms with E-state index in [-0.39, 0.29) is 0 Å². The predicted molar refractivity (Wildman–Crippen MR) is 77.6 cm³/mol. The van der Waals surface area contributed by atoms with Crippen molar-refractivity contribution in [2.24, 2.45) is 0 Å². The zero-order valence-electron chi connectivity index (χ0n) is 8.75. The maximum Gasteiger partial charge on any atom is 0.107 e. The van der Waals surface area contributed by atoms with Gasteiger partial charge in [0, 0.05) is 15.3 Å². The molecular formula is C11H10Br2OS2. The molecule has 2 aromatic rings. The minimum atomic E-state index is -0.540. The van der Waals surface area contributed by atoms with Crippen molar-refractivity contribution in [1.29, 1.82) is 0 Å². The van der Waals surface area contributed by atoms with Crippen LogP contribution in [0.1, 0.15) is 27.0 Å². The smallest absolute Gasteiger partial charge is 0.107 e. The SMILES string of the molecule is Cc1cc(C(O)c2cc(Br)sc2Br)c(C)s1. The summed E-state index contributed by atoms with van der Waals surface area (Å²) in [6.07, 6.45) is -0.540. The van der Waals surface area contributed by atoms with Gasteiger partial charge in [-0.2, -0.15) is 0 Å². The molecule has 0 saturated heterocycles. The standard InChI is InChI=1S/C11H10Br2OS2/c1-5-3-7(6(2)15-5)10(14)8-4-9(12)16-11(8)13/h3-4,10,14H,1-2H3. The second kappa shape index (κ2) is 4.90. The Morgan fingerprint density at radius 1 is 1.12 bits per heavy atom. The van der Waals surface area contributed by atoms with Crippen molar-refractivity contribution >= 4 is 54.5 Å². The summed E-state index contributed by atoms with van der Waals surface area (Å²) < 4.78 is 2.01. The number of thiophene rings is 2. The number of hydrogen-bond donors (Lipinski definition) is 1. The Labute approximate surface area is 119 Å². The van der Waals surface area contributed by atoms with Crippen LogP contribution >= 0.6 is 54.5 Å². The molecule has 0 aliphatic carbocycles. The second-order valence-electron chi connectivity index (χ2n) is 3.55. The number of halogens is 2. The van der Waals surface area contributed by atoms with Crippen molar-refractivity contribution < 1.29 is 5.11 Å². The molecule has 5 heteroatoms. The number of hydrogen-bond acceptors (Lipinski definition) is 3. The second-order valence-corrected chi connectivity index (χ2v) is 8.76. The summed E-state index contributed by atoms with van der Waals surface area (Å²) >= 11 is 10.2. The van der Waals surface area contributed by atoms with Crippen LogP contribution in [0.15, 0.2) is 19.7 Å². The van der Waals surface area contributed by atoms with E-state index in [0.29, 0.717) is 0 Å². The Morgan fingerprint density at radius 2 is 1.81 bits per heavy atom. The van der Waals surface area contributed by atoms with Crippen LogP contribution in [0, 0.1) is 13.8 Å². The first kappa shape index (κ1) is 12.8. The lowest BCUT2D eigenvalue weighted by Crippen LogP contribution is -1.98. The van der Waals surface area contributed by atoms with Gasteiger partial charge in [0.15, 0.2) is 0 Å². The number of aryl methyl sites for hydroxylation is 2. The highest BCUT2D eigenvalue weighted by molar-refractivity contribution is 9.12. The van der Waals surface area contributed by atoms with Crippen LogP contribution in [-0.4, -0.2) is 5.11 Å². The molecule has 1 N–H and O–H groups in total. The van der Waals surface area contributed by atoms with Gasteiger partial charge in [-0.25, -0.2) is 0 Å². The van der Waals surface area contributed by atoms with Gasteiger partial charge in [-0.3, -0.25) is 0 Å². The summed E-state index contributed by atoms with van der Waals surface area (Å²) in [5.41, 5.74) is 1.94. The number of aliphatic hydroxyl groups excluding tert-OH is 1. The van der Waals surface area contributed by atoms with E-state index < -0.39 is 6.10 Å². The van der Waals surface area contributed by atoms with Gasteiger partial charge in [-0.05, 0) is 63.4 Å². The molecule has 0 fully saturated rings. The van der Waals surface area contributed by atoms with E-state index >= 15 is 0 Å². The van der Waals surface area contributed by atoms with Crippen molar-refractivity contribution in [3.8, 4) is 0 Å². The molecule has 16 heavy (non-hydrogen) atoms. The van der Waals surface area contributed by atoms with Crippen molar-refractivity contribution in [2.45, 2.75) is 20.0 Å². The molecule has 1 unspecified atom stereocenters. The van der Waals surface area contributed by atoms with Crippen LogP contribution in [0.25, 0.3) is 0 Å². The van der Waals surface area contributed by atoms with Crippen molar-refractivity contribution in [2.75, 3.05) is 0 Å². The highest BCUT2D eigenvalue weighted by Gasteiger charge is 2.19. The highest BCUT2D eigenvalue weighted by Crippen LogP contribution is 2.39. The fourth-order valence-electron chi connectivity index (χ4n) is 1.63. The summed E-state index contributed by atoms with van der Waals surface area (Å²) in [4.78, 5) is 2.41. The summed E-state index contributed by atoms with van der Waals surface area (Å²) in [6.45, 7) is 4.11. The zero-order valence-corrected chi connectivity index (χ0v) is 13.6. The molecule has 0 radical (unpaired) electrons. The normalized spacial score (nSPS) is 13.1. The van der Waals surface area contributed by atoms with E-state index in [2.05, 4.69) is 44.8 Å². The van der Waals surface area contributed by atoms with Gasteiger partial charge in [-0.1, -0.05) is 0 Å². The van der Waals surface area contributed by atoms with E-state index in [1.165, 1.54) is 9.75 Å². The van der Waals surface area contributed by atoms with Crippen LogP contribution in [0.2, 0.25) is 0 Å². The molecule has 2 aromatic heterocycles. The fraction of sp³-hybridized carbons (Fsp3) is 0.273.